The largest absolute Gasteiger partial charge is 0.487 e. The first kappa shape index (κ1) is 17.9. The van der Waals surface area contributed by atoms with E-state index in [2.05, 4.69) is 40.8 Å². The van der Waals surface area contributed by atoms with Crippen LogP contribution in [0.3, 0.4) is 0 Å². The third-order valence-corrected chi connectivity index (χ3v) is 5.28. The number of pyridine rings is 1. The van der Waals surface area contributed by atoms with Gasteiger partial charge in [-0.05, 0) is 55.7 Å². The molecule has 6 nitrogen and oxygen atoms in total. The Hall–Kier alpha value is -2.44. The van der Waals surface area contributed by atoms with Gasteiger partial charge in [-0.25, -0.2) is 4.98 Å². The van der Waals surface area contributed by atoms with E-state index >= 15 is 0 Å². The molecule has 1 aliphatic heterocycles. The van der Waals surface area contributed by atoms with Crippen LogP contribution in [0.15, 0.2) is 43.0 Å². The van der Waals surface area contributed by atoms with Crippen LogP contribution < -0.4 is 4.74 Å². The smallest absolute Gasteiger partial charge is 0.138 e. The summed E-state index contributed by atoms with van der Waals surface area (Å²) in [5.74, 6) is 0.806. The van der Waals surface area contributed by atoms with Crippen LogP contribution in [0.25, 0.3) is 11.0 Å². The van der Waals surface area contributed by atoms with E-state index in [1.165, 1.54) is 11.1 Å². The van der Waals surface area contributed by atoms with Gasteiger partial charge in [0, 0.05) is 25.8 Å². The lowest BCUT2D eigenvalue weighted by Crippen LogP contribution is -2.34. The second-order valence-electron chi connectivity index (χ2n) is 7.45. The Kier molecular flexibility index (Phi) is 5.09. The van der Waals surface area contributed by atoms with E-state index in [0.29, 0.717) is 13.1 Å². The van der Waals surface area contributed by atoms with Crippen LogP contribution in [-0.2, 0) is 6.54 Å². The number of ether oxygens (including phenoxy) is 1. The van der Waals surface area contributed by atoms with Gasteiger partial charge in [0.05, 0.1) is 36.2 Å². The second kappa shape index (κ2) is 7.66. The molecule has 2 aromatic heterocycles. The van der Waals surface area contributed by atoms with Crippen molar-refractivity contribution in [3.63, 3.8) is 0 Å². The van der Waals surface area contributed by atoms with Crippen molar-refractivity contribution in [1.29, 1.82) is 0 Å². The molecule has 1 N–H and O–H groups in total. The Morgan fingerprint density at radius 1 is 1.26 bits per heavy atom. The molecule has 1 fully saturated rings. The summed E-state index contributed by atoms with van der Waals surface area (Å²) in [6, 6.07) is 8.06. The third kappa shape index (κ3) is 4.12. The number of aliphatic hydroxyl groups is 1. The SMILES string of the molecule is Cc1cc2ncn(C[C@H](O)CN3CC[C@H](Oc4cccnc4)C3)c2cc1C. The molecule has 0 amide bonds. The van der Waals surface area contributed by atoms with Crippen LogP contribution in [0.2, 0.25) is 0 Å². The van der Waals surface area contributed by atoms with Crippen molar-refractivity contribution >= 4 is 11.0 Å². The fourth-order valence-corrected chi connectivity index (χ4v) is 3.71. The highest BCUT2D eigenvalue weighted by atomic mass is 16.5. The minimum atomic E-state index is -0.443. The van der Waals surface area contributed by atoms with E-state index in [1.807, 2.05) is 23.0 Å². The van der Waals surface area contributed by atoms with Gasteiger partial charge < -0.3 is 14.4 Å². The first-order chi connectivity index (χ1) is 13.1. The van der Waals surface area contributed by atoms with Crippen LogP contribution in [0, 0.1) is 13.8 Å². The van der Waals surface area contributed by atoms with Gasteiger partial charge in [0.2, 0.25) is 0 Å². The number of likely N-dealkylation sites (tertiary alicyclic amines) is 1. The molecule has 0 saturated carbocycles. The molecule has 0 bridgehead atoms. The lowest BCUT2D eigenvalue weighted by molar-refractivity contribution is 0.103. The van der Waals surface area contributed by atoms with Crippen LogP contribution in [0.4, 0.5) is 0 Å². The number of imidazole rings is 1. The van der Waals surface area contributed by atoms with Crippen molar-refractivity contribution in [2.24, 2.45) is 0 Å². The first-order valence-corrected chi connectivity index (χ1v) is 9.47. The molecule has 3 heterocycles. The normalized spacial score (nSPS) is 18.9. The van der Waals surface area contributed by atoms with Crippen LogP contribution >= 0.6 is 0 Å². The summed E-state index contributed by atoms with van der Waals surface area (Å²) in [4.78, 5) is 10.8. The predicted molar refractivity (Wildman–Crippen MR) is 105 cm³/mol. The zero-order valence-corrected chi connectivity index (χ0v) is 15.9. The number of hydrogen-bond acceptors (Lipinski definition) is 5. The van der Waals surface area contributed by atoms with Gasteiger partial charge >= 0.3 is 0 Å². The Bertz CT molecular complexity index is 909. The van der Waals surface area contributed by atoms with Crippen molar-refractivity contribution in [2.45, 2.75) is 39.0 Å². The Balaban J connectivity index is 1.33. The molecule has 1 saturated heterocycles. The Morgan fingerprint density at radius 2 is 2.11 bits per heavy atom. The average molecular weight is 366 g/mol. The van der Waals surface area contributed by atoms with Crippen molar-refractivity contribution in [2.75, 3.05) is 19.6 Å². The summed E-state index contributed by atoms with van der Waals surface area (Å²) in [6.45, 7) is 7.15. The van der Waals surface area contributed by atoms with E-state index in [0.717, 1.165) is 36.3 Å². The maximum absolute atomic E-state index is 10.6. The van der Waals surface area contributed by atoms with Gasteiger partial charge in [0.25, 0.3) is 0 Å². The van der Waals surface area contributed by atoms with E-state index in [-0.39, 0.29) is 6.10 Å². The first-order valence-electron chi connectivity index (χ1n) is 9.47. The van der Waals surface area contributed by atoms with Crippen LogP contribution in [0.5, 0.6) is 5.75 Å². The minimum Gasteiger partial charge on any atom is -0.487 e. The van der Waals surface area contributed by atoms with Crippen molar-refractivity contribution in [1.82, 2.24) is 19.4 Å². The lowest BCUT2D eigenvalue weighted by atomic mass is 10.1. The Morgan fingerprint density at radius 3 is 2.93 bits per heavy atom. The molecule has 1 aliphatic rings. The number of benzene rings is 1. The molecule has 27 heavy (non-hydrogen) atoms. The molecule has 1 aromatic carbocycles. The molecule has 3 aromatic rings. The molecule has 4 rings (SSSR count). The summed E-state index contributed by atoms with van der Waals surface area (Å²) in [5, 5.41) is 10.6. The predicted octanol–water partition coefficient (Wildman–Crippen LogP) is 2.56. The van der Waals surface area contributed by atoms with Crippen molar-refractivity contribution in [3.8, 4) is 5.75 Å². The fraction of sp³-hybridized carbons (Fsp3) is 0.429. The molecule has 0 radical (unpaired) electrons. The van der Waals surface area contributed by atoms with Gasteiger partial charge in [0.1, 0.15) is 11.9 Å². The maximum atomic E-state index is 10.6. The van der Waals surface area contributed by atoms with Crippen molar-refractivity contribution < 1.29 is 9.84 Å². The summed E-state index contributed by atoms with van der Waals surface area (Å²) < 4.78 is 8.02. The molecule has 6 heteroatoms. The number of β-amino-alcohol motifs (C(OH)–C–C–N with tert-alkyl or cyclic N) is 1. The number of rotatable bonds is 6. The molecule has 2 atom stereocenters. The lowest BCUT2D eigenvalue weighted by Gasteiger charge is -2.21. The quantitative estimate of drug-likeness (QED) is 0.726. The zero-order valence-electron chi connectivity index (χ0n) is 15.9. The second-order valence-corrected chi connectivity index (χ2v) is 7.45. The minimum absolute atomic E-state index is 0.154. The maximum Gasteiger partial charge on any atom is 0.138 e. The average Bonchev–Trinajstić information content (AvgIpc) is 3.24. The van der Waals surface area contributed by atoms with E-state index in [4.69, 9.17) is 4.74 Å². The van der Waals surface area contributed by atoms with E-state index in [9.17, 15) is 5.11 Å². The highest BCUT2D eigenvalue weighted by Gasteiger charge is 2.25. The highest BCUT2D eigenvalue weighted by molar-refractivity contribution is 5.77. The molecule has 0 unspecified atom stereocenters. The van der Waals surface area contributed by atoms with Crippen LogP contribution in [0.1, 0.15) is 17.5 Å². The standard InChI is InChI=1S/C21H26N4O2/c1-15-8-20-21(9-16(15)2)25(14-23-20)12-17(26)11-24-7-5-19(13-24)27-18-4-3-6-22-10-18/h3-4,6,8-10,14,17,19,26H,5,7,11-13H2,1-2H3/t17-,19+/m1/s1. The Labute approximate surface area is 159 Å². The van der Waals surface area contributed by atoms with Gasteiger partial charge in [0.15, 0.2) is 0 Å². The van der Waals surface area contributed by atoms with Gasteiger partial charge in [-0.1, -0.05) is 0 Å². The van der Waals surface area contributed by atoms with Gasteiger partial charge in [-0.3, -0.25) is 9.88 Å². The van der Waals surface area contributed by atoms with Crippen LogP contribution in [-0.4, -0.2) is 56.4 Å². The third-order valence-electron chi connectivity index (χ3n) is 5.28. The summed E-state index contributed by atoms with van der Waals surface area (Å²) in [5.41, 5.74) is 4.55. The molecule has 142 valence electrons. The molecular weight excluding hydrogens is 340 g/mol. The molecule has 0 spiro atoms. The monoisotopic (exact) mass is 366 g/mol. The highest BCUT2D eigenvalue weighted by Crippen LogP contribution is 2.20. The number of aromatic nitrogens is 3. The zero-order chi connectivity index (χ0) is 18.8. The molecular formula is C21H26N4O2. The number of aryl methyl sites for hydroxylation is 2. The summed E-state index contributed by atoms with van der Waals surface area (Å²) >= 11 is 0. The number of nitrogens with zero attached hydrogens (tertiary/aromatic N) is 4. The fourth-order valence-electron chi connectivity index (χ4n) is 3.71. The summed E-state index contributed by atoms with van der Waals surface area (Å²) in [6.07, 6.45) is 5.99. The van der Waals surface area contributed by atoms with Gasteiger partial charge in [-0.15, -0.1) is 0 Å². The van der Waals surface area contributed by atoms with E-state index in [1.54, 1.807) is 12.4 Å². The van der Waals surface area contributed by atoms with Gasteiger partial charge in [-0.2, -0.15) is 0 Å². The van der Waals surface area contributed by atoms with E-state index < -0.39 is 6.10 Å². The number of fused-ring (bicyclic) bond motifs is 1. The number of aliphatic hydroxyl groups excluding tert-OH is 1. The topological polar surface area (TPSA) is 63.4 Å². The van der Waals surface area contributed by atoms with Crippen molar-refractivity contribution in [3.05, 3.63) is 54.1 Å². The number of hydrogen-bond donors (Lipinski definition) is 1. The molecule has 0 aliphatic carbocycles. The summed E-state index contributed by atoms with van der Waals surface area (Å²) in [7, 11) is 0.